The van der Waals surface area contributed by atoms with E-state index in [1.807, 2.05) is 11.7 Å². The maximum atomic E-state index is 4.42. The van der Waals surface area contributed by atoms with Crippen LogP contribution in [0, 0.1) is 17.8 Å². The number of hydrogen-bond acceptors (Lipinski definition) is 3. The zero-order valence-corrected chi connectivity index (χ0v) is 13.5. The smallest absolute Gasteiger partial charge is 0.138 e. The predicted octanol–water partition coefficient (Wildman–Crippen LogP) is 2.80. The van der Waals surface area contributed by atoms with Gasteiger partial charge in [-0.05, 0) is 37.1 Å². The minimum atomic E-state index is 0.578. The standard InChI is InChI=1S/C16H30N4/c1-5-13-6-7-14(10-17-12(2)3)15(8-13)9-16-18-11-19-20(16)4/h11-15,17H,5-10H2,1-4H3. The third kappa shape index (κ3) is 4.05. The van der Waals surface area contributed by atoms with Gasteiger partial charge in [0.25, 0.3) is 0 Å². The highest BCUT2D eigenvalue weighted by Gasteiger charge is 2.30. The van der Waals surface area contributed by atoms with Crippen LogP contribution < -0.4 is 5.32 Å². The summed E-state index contributed by atoms with van der Waals surface area (Å²) in [4.78, 5) is 4.42. The topological polar surface area (TPSA) is 42.7 Å². The molecule has 0 radical (unpaired) electrons. The molecule has 3 atom stereocenters. The Balaban J connectivity index is 1.99. The van der Waals surface area contributed by atoms with Crippen molar-refractivity contribution in [3.8, 4) is 0 Å². The van der Waals surface area contributed by atoms with E-state index in [1.54, 1.807) is 6.33 Å². The van der Waals surface area contributed by atoms with E-state index in [0.717, 1.165) is 36.5 Å². The first-order chi connectivity index (χ1) is 9.60. The van der Waals surface area contributed by atoms with Crippen LogP contribution in [0.2, 0.25) is 0 Å². The third-order valence-corrected chi connectivity index (χ3v) is 4.86. The maximum Gasteiger partial charge on any atom is 0.138 e. The molecule has 0 bridgehead atoms. The first-order valence-corrected chi connectivity index (χ1v) is 8.16. The Labute approximate surface area is 123 Å². The van der Waals surface area contributed by atoms with E-state index in [1.165, 1.54) is 25.7 Å². The fourth-order valence-electron chi connectivity index (χ4n) is 3.44. The summed E-state index contributed by atoms with van der Waals surface area (Å²) in [5.41, 5.74) is 0. The maximum absolute atomic E-state index is 4.42. The van der Waals surface area contributed by atoms with Gasteiger partial charge in [0.15, 0.2) is 0 Å². The summed E-state index contributed by atoms with van der Waals surface area (Å²) < 4.78 is 1.93. The van der Waals surface area contributed by atoms with Crippen molar-refractivity contribution in [2.24, 2.45) is 24.8 Å². The van der Waals surface area contributed by atoms with E-state index in [-0.39, 0.29) is 0 Å². The van der Waals surface area contributed by atoms with Gasteiger partial charge in [0, 0.05) is 19.5 Å². The van der Waals surface area contributed by atoms with Crippen molar-refractivity contribution in [3.05, 3.63) is 12.2 Å². The Bertz CT molecular complexity index is 399. The van der Waals surface area contributed by atoms with Gasteiger partial charge in [-0.1, -0.05) is 33.6 Å². The van der Waals surface area contributed by atoms with Crippen molar-refractivity contribution in [1.29, 1.82) is 0 Å². The van der Waals surface area contributed by atoms with Crippen molar-refractivity contribution in [3.63, 3.8) is 0 Å². The Morgan fingerprint density at radius 2 is 2.15 bits per heavy atom. The molecule has 1 saturated carbocycles. The predicted molar refractivity (Wildman–Crippen MR) is 82.5 cm³/mol. The van der Waals surface area contributed by atoms with Crippen molar-refractivity contribution in [2.45, 2.75) is 58.9 Å². The van der Waals surface area contributed by atoms with Crippen LogP contribution in [0.3, 0.4) is 0 Å². The monoisotopic (exact) mass is 278 g/mol. The zero-order valence-electron chi connectivity index (χ0n) is 13.5. The van der Waals surface area contributed by atoms with Gasteiger partial charge in [-0.25, -0.2) is 4.98 Å². The molecular weight excluding hydrogens is 248 g/mol. The number of hydrogen-bond donors (Lipinski definition) is 1. The van der Waals surface area contributed by atoms with Crippen molar-refractivity contribution in [1.82, 2.24) is 20.1 Å². The van der Waals surface area contributed by atoms with Gasteiger partial charge in [0.2, 0.25) is 0 Å². The highest BCUT2D eigenvalue weighted by Crippen LogP contribution is 2.36. The van der Waals surface area contributed by atoms with Gasteiger partial charge in [-0.3, -0.25) is 4.68 Å². The average molecular weight is 278 g/mol. The second-order valence-corrected chi connectivity index (χ2v) is 6.67. The molecule has 1 aromatic heterocycles. The number of nitrogens with zero attached hydrogens (tertiary/aromatic N) is 3. The first kappa shape index (κ1) is 15.5. The molecule has 0 saturated heterocycles. The van der Waals surface area contributed by atoms with E-state index in [0.29, 0.717) is 6.04 Å². The van der Waals surface area contributed by atoms with Crippen LogP contribution in [0.4, 0.5) is 0 Å². The average Bonchev–Trinajstić information content (AvgIpc) is 2.82. The number of nitrogens with one attached hydrogen (secondary N) is 1. The zero-order chi connectivity index (χ0) is 14.5. The van der Waals surface area contributed by atoms with E-state index in [9.17, 15) is 0 Å². The SMILES string of the molecule is CCC1CCC(CNC(C)C)C(Cc2ncnn2C)C1. The molecule has 4 nitrogen and oxygen atoms in total. The second kappa shape index (κ2) is 7.21. The lowest BCUT2D eigenvalue weighted by Crippen LogP contribution is -2.37. The van der Waals surface area contributed by atoms with Crippen LogP contribution in [0.5, 0.6) is 0 Å². The molecule has 1 aliphatic carbocycles. The molecule has 4 heteroatoms. The number of aromatic nitrogens is 3. The van der Waals surface area contributed by atoms with Crippen molar-refractivity contribution < 1.29 is 0 Å². The van der Waals surface area contributed by atoms with Crippen LogP contribution in [-0.2, 0) is 13.5 Å². The molecule has 1 aromatic rings. The molecule has 114 valence electrons. The lowest BCUT2D eigenvalue weighted by Gasteiger charge is -2.36. The van der Waals surface area contributed by atoms with Crippen LogP contribution in [0.25, 0.3) is 0 Å². The molecule has 0 amide bonds. The van der Waals surface area contributed by atoms with Gasteiger partial charge < -0.3 is 5.32 Å². The molecule has 0 aromatic carbocycles. The minimum absolute atomic E-state index is 0.578. The molecule has 20 heavy (non-hydrogen) atoms. The van der Waals surface area contributed by atoms with Gasteiger partial charge in [-0.2, -0.15) is 5.10 Å². The summed E-state index contributed by atoms with van der Waals surface area (Å²) in [6, 6.07) is 0.578. The van der Waals surface area contributed by atoms with Crippen LogP contribution in [0.1, 0.15) is 52.3 Å². The summed E-state index contributed by atoms with van der Waals surface area (Å²) in [6.45, 7) is 7.94. The minimum Gasteiger partial charge on any atom is -0.314 e. The molecule has 0 aliphatic heterocycles. The van der Waals surface area contributed by atoms with Crippen molar-refractivity contribution >= 4 is 0 Å². The number of aryl methyl sites for hydroxylation is 1. The van der Waals surface area contributed by atoms with E-state index < -0.39 is 0 Å². The van der Waals surface area contributed by atoms with E-state index in [2.05, 4.69) is 36.2 Å². The molecule has 2 rings (SSSR count). The second-order valence-electron chi connectivity index (χ2n) is 6.67. The van der Waals surface area contributed by atoms with Gasteiger partial charge in [-0.15, -0.1) is 0 Å². The van der Waals surface area contributed by atoms with Crippen molar-refractivity contribution in [2.75, 3.05) is 6.54 Å². The summed E-state index contributed by atoms with van der Waals surface area (Å²) in [5, 5.41) is 7.84. The lowest BCUT2D eigenvalue weighted by molar-refractivity contribution is 0.166. The summed E-state index contributed by atoms with van der Waals surface area (Å²) in [6.07, 6.45) is 8.19. The quantitative estimate of drug-likeness (QED) is 0.870. The molecule has 0 spiro atoms. The number of rotatable bonds is 6. The van der Waals surface area contributed by atoms with Gasteiger partial charge in [0.05, 0.1) is 0 Å². The summed E-state index contributed by atoms with van der Waals surface area (Å²) >= 11 is 0. The highest BCUT2D eigenvalue weighted by molar-refractivity contribution is 4.91. The van der Waals surface area contributed by atoms with Crippen LogP contribution >= 0.6 is 0 Å². The molecular formula is C16H30N4. The molecule has 1 aliphatic rings. The normalized spacial score (nSPS) is 27.1. The highest BCUT2D eigenvalue weighted by atomic mass is 15.3. The fraction of sp³-hybridized carbons (Fsp3) is 0.875. The molecule has 3 unspecified atom stereocenters. The van der Waals surface area contributed by atoms with Gasteiger partial charge >= 0.3 is 0 Å². The lowest BCUT2D eigenvalue weighted by atomic mass is 9.71. The first-order valence-electron chi connectivity index (χ1n) is 8.16. The Morgan fingerprint density at radius 1 is 1.35 bits per heavy atom. The van der Waals surface area contributed by atoms with E-state index in [4.69, 9.17) is 0 Å². The molecule has 1 fully saturated rings. The largest absolute Gasteiger partial charge is 0.314 e. The molecule has 1 N–H and O–H groups in total. The van der Waals surface area contributed by atoms with Gasteiger partial charge in [0.1, 0.15) is 12.2 Å². The summed E-state index contributed by atoms with van der Waals surface area (Å²) in [5.74, 6) is 3.59. The van der Waals surface area contributed by atoms with Crippen LogP contribution in [0.15, 0.2) is 6.33 Å². The Morgan fingerprint density at radius 3 is 2.75 bits per heavy atom. The fourth-order valence-corrected chi connectivity index (χ4v) is 3.44. The van der Waals surface area contributed by atoms with Crippen LogP contribution in [-0.4, -0.2) is 27.4 Å². The Hall–Kier alpha value is -0.900. The third-order valence-electron chi connectivity index (χ3n) is 4.86. The summed E-state index contributed by atoms with van der Waals surface area (Å²) in [7, 11) is 2.00. The molecule has 1 heterocycles. The Kier molecular flexibility index (Phi) is 5.58. The van der Waals surface area contributed by atoms with E-state index >= 15 is 0 Å².